The summed E-state index contributed by atoms with van der Waals surface area (Å²) in [4.78, 5) is 1.29. The number of rotatable bonds is 7. The highest BCUT2D eigenvalue weighted by Crippen LogP contribution is 2.23. The molecule has 3 rings (SSSR count). The Bertz CT molecular complexity index is 814. The SMILES string of the molecule is CSc1ccc(-c2cccc(CNCCc3cccc(Cl)c3)c2)cc1. The molecule has 0 aliphatic carbocycles. The molecule has 0 spiro atoms. The maximum atomic E-state index is 6.03. The van der Waals surface area contributed by atoms with Gasteiger partial charge in [-0.15, -0.1) is 11.8 Å². The number of halogens is 1. The zero-order valence-electron chi connectivity index (χ0n) is 14.3. The van der Waals surface area contributed by atoms with Crippen molar-refractivity contribution in [2.45, 2.75) is 17.9 Å². The zero-order valence-corrected chi connectivity index (χ0v) is 15.9. The van der Waals surface area contributed by atoms with Gasteiger partial charge in [-0.25, -0.2) is 0 Å². The van der Waals surface area contributed by atoms with E-state index in [9.17, 15) is 0 Å². The van der Waals surface area contributed by atoms with Gasteiger partial charge in [0, 0.05) is 16.5 Å². The van der Waals surface area contributed by atoms with Gasteiger partial charge in [-0.3, -0.25) is 0 Å². The average molecular weight is 368 g/mol. The van der Waals surface area contributed by atoms with E-state index in [1.54, 1.807) is 11.8 Å². The normalized spacial score (nSPS) is 10.8. The molecule has 3 aromatic rings. The molecule has 0 aliphatic heterocycles. The monoisotopic (exact) mass is 367 g/mol. The summed E-state index contributed by atoms with van der Waals surface area (Å²) in [5.41, 5.74) is 5.10. The van der Waals surface area contributed by atoms with Crippen LogP contribution < -0.4 is 5.32 Å². The lowest BCUT2D eigenvalue weighted by Crippen LogP contribution is -2.16. The third-order valence-electron chi connectivity index (χ3n) is 4.16. The molecule has 0 atom stereocenters. The Hall–Kier alpha value is -1.74. The Morgan fingerprint density at radius 2 is 1.60 bits per heavy atom. The van der Waals surface area contributed by atoms with Crippen LogP contribution in [0.25, 0.3) is 11.1 Å². The lowest BCUT2D eigenvalue weighted by Gasteiger charge is -2.08. The highest BCUT2D eigenvalue weighted by atomic mass is 35.5. The summed E-state index contributed by atoms with van der Waals surface area (Å²) < 4.78 is 0. The average Bonchev–Trinajstić information content (AvgIpc) is 2.66. The van der Waals surface area contributed by atoms with Crippen molar-refractivity contribution in [2.75, 3.05) is 12.8 Å². The second kappa shape index (κ2) is 9.10. The van der Waals surface area contributed by atoms with E-state index in [1.807, 2.05) is 18.2 Å². The van der Waals surface area contributed by atoms with E-state index < -0.39 is 0 Å². The topological polar surface area (TPSA) is 12.0 Å². The third-order valence-corrected chi connectivity index (χ3v) is 5.14. The minimum atomic E-state index is 0.803. The maximum absolute atomic E-state index is 6.03. The van der Waals surface area contributed by atoms with E-state index in [2.05, 4.69) is 66.2 Å². The van der Waals surface area contributed by atoms with Gasteiger partial charge in [0.1, 0.15) is 0 Å². The Balaban J connectivity index is 1.56. The summed E-state index contributed by atoms with van der Waals surface area (Å²) in [5, 5.41) is 4.32. The lowest BCUT2D eigenvalue weighted by molar-refractivity contribution is 0.687. The van der Waals surface area contributed by atoms with Crippen LogP contribution in [0.4, 0.5) is 0 Å². The van der Waals surface area contributed by atoms with Crippen LogP contribution in [-0.2, 0) is 13.0 Å². The van der Waals surface area contributed by atoms with Crippen molar-refractivity contribution in [3.8, 4) is 11.1 Å². The first kappa shape index (κ1) is 18.1. The molecule has 3 aromatic carbocycles. The van der Waals surface area contributed by atoms with E-state index in [0.29, 0.717) is 0 Å². The summed E-state index contributed by atoms with van der Waals surface area (Å²) in [5.74, 6) is 0. The lowest BCUT2D eigenvalue weighted by atomic mass is 10.0. The molecule has 0 saturated heterocycles. The van der Waals surface area contributed by atoms with Crippen molar-refractivity contribution in [2.24, 2.45) is 0 Å². The van der Waals surface area contributed by atoms with Crippen molar-refractivity contribution in [3.05, 3.63) is 88.9 Å². The molecule has 0 fully saturated rings. The summed E-state index contributed by atoms with van der Waals surface area (Å²) in [6, 6.07) is 25.5. The first-order chi connectivity index (χ1) is 12.2. The van der Waals surface area contributed by atoms with Crippen molar-refractivity contribution in [1.82, 2.24) is 5.32 Å². The Morgan fingerprint density at radius 3 is 2.36 bits per heavy atom. The second-order valence-electron chi connectivity index (χ2n) is 5.99. The van der Waals surface area contributed by atoms with Crippen molar-refractivity contribution < 1.29 is 0 Å². The first-order valence-corrected chi connectivity index (χ1v) is 10.0. The Kier molecular flexibility index (Phi) is 6.57. The van der Waals surface area contributed by atoms with E-state index in [0.717, 1.165) is 24.5 Å². The summed E-state index contributed by atoms with van der Waals surface area (Å²) >= 11 is 7.80. The standard InChI is InChI=1S/C22H22ClNS/c1-25-22-10-8-19(9-11-22)20-6-2-5-18(14-20)16-24-13-12-17-4-3-7-21(23)15-17/h2-11,14-15,24H,12-13,16H2,1H3. The summed E-state index contributed by atoms with van der Waals surface area (Å²) in [7, 11) is 0. The molecule has 0 heterocycles. The van der Waals surface area contributed by atoms with E-state index in [-0.39, 0.29) is 0 Å². The maximum Gasteiger partial charge on any atom is 0.0408 e. The molecule has 3 heteroatoms. The third kappa shape index (κ3) is 5.37. The number of hydrogen-bond acceptors (Lipinski definition) is 2. The smallest absolute Gasteiger partial charge is 0.0408 e. The number of benzene rings is 3. The highest BCUT2D eigenvalue weighted by Gasteiger charge is 2.01. The fourth-order valence-electron chi connectivity index (χ4n) is 2.80. The minimum Gasteiger partial charge on any atom is -0.312 e. The van der Waals surface area contributed by atoms with E-state index >= 15 is 0 Å². The van der Waals surface area contributed by atoms with Gasteiger partial charge in [-0.05, 0) is 71.8 Å². The molecule has 1 N–H and O–H groups in total. The van der Waals surface area contributed by atoms with Gasteiger partial charge in [-0.1, -0.05) is 54.1 Å². The van der Waals surface area contributed by atoms with Crippen LogP contribution in [0, 0.1) is 0 Å². The van der Waals surface area contributed by atoms with Crippen LogP contribution in [0.3, 0.4) is 0 Å². The molecular weight excluding hydrogens is 346 g/mol. The molecule has 0 amide bonds. The van der Waals surface area contributed by atoms with Gasteiger partial charge in [0.25, 0.3) is 0 Å². The van der Waals surface area contributed by atoms with Crippen molar-refractivity contribution in [1.29, 1.82) is 0 Å². The van der Waals surface area contributed by atoms with E-state index in [1.165, 1.54) is 27.1 Å². The van der Waals surface area contributed by atoms with Gasteiger partial charge in [0.2, 0.25) is 0 Å². The van der Waals surface area contributed by atoms with Gasteiger partial charge in [0.15, 0.2) is 0 Å². The zero-order chi connectivity index (χ0) is 17.5. The molecule has 0 bridgehead atoms. The molecule has 1 nitrogen and oxygen atoms in total. The summed E-state index contributed by atoms with van der Waals surface area (Å²) in [6.45, 7) is 1.81. The number of nitrogens with one attached hydrogen (secondary N) is 1. The molecule has 0 radical (unpaired) electrons. The predicted octanol–water partition coefficient (Wildman–Crippen LogP) is 6.06. The Labute approximate surface area is 159 Å². The highest BCUT2D eigenvalue weighted by molar-refractivity contribution is 7.98. The quantitative estimate of drug-likeness (QED) is 0.402. The predicted molar refractivity (Wildman–Crippen MR) is 111 cm³/mol. The van der Waals surface area contributed by atoms with Gasteiger partial charge in [-0.2, -0.15) is 0 Å². The van der Waals surface area contributed by atoms with Crippen LogP contribution in [0.15, 0.2) is 77.7 Å². The van der Waals surface area contributed by atoms with Crippen LogP contribution in [0.2, 0.25) is 5.02 Å². The van der Waals surface area contributed by atoms with Crippen LogP contribution in [0.1, 0.15) is 11.1 Å². The van der Waals surface area contributed by atoms with E-state index in [4.69, 9.17) is 11.6 Å². The molecule has 128 valence electrons. The minimum absolute atomic E-state index is 0.803. The molecule has 0 aromatic heterocycles. The van der Waals surface area contributed by atoms with Crippen LogP contribution in [0.5, 0.6) is 0 Å². The van der Waals surface area contributed by atoms with Gasteiger partial charge in [0.05, 0.1) is 0 Å². The fourth-order valence-corrected chi connectivity index (χ4v) is 3.42. The number of thioether (sulfide) groups is 1. The summed E-state index contributed by atoms with van der Waals surface area (Å²) in [6.07, 6.45) is 3.08. The Morgan fingerprint density at radius 1 is 0.840 bits per heavy atom. The van der Waals surface area contributed by atoms with Crippen LogP contribution >= 0.6 is 23.4 Å². The van der Waals surface area contributed by atoms with Crippen LogP contribution in [-0.4, -0.2) is 12.8 Å². The van der Waals surface area contributed by atoms with Gasteiger partial charge < -0.3 is 5.32 Å². The fraction of sp³-hybridized carbons (Fsp3) is 0.182. The molecule has 0 unspecified atom stereocenters. The number of hydrogen-bond donors (Lipinski definition) is 1. The molecule has 25 heavy (non-hydrogen) atoms. The first-order valence-electron chi connectivity index (χ1n) is 8.43. The molecule has 0 aliphatic rings. The molecule has 0 saturated carbocycles. The van der Waals surface area contributed by atoms with Crippen molar-refractivity contribution in [3.63, 3.8) is 0 Å². The van der Waals surface area contributed by atoms with Crippen molar-refractivity contribution >= 4 is 23.4 Å². The largest absolute Gasteiger partial charge is 0.312 e. The second-order valence-corrected chi connectivity index (χ2v) is 7.30. The van der Waals surface area contributed by atoms with Gasteiger partial charge >= 0.3 is 0 Å². The molecular formula is C22H22ClNS.